The van der Waals surface area contributed by atoms with Crippen molar-refractivity contribution in [3.05, 3.63) is 120 Å². The van der Waals surface area contributed by atoms with Gasteiger partial charge < -0.3 is 19.7 Å². The first kappa shape index (κ1) is 35.0. The van der Waals surface area contributed by atoms with Gasteiger partial charge in [0.25, 0.3) is 10.0 Å². The molecular weight excluding hydrogens is 621 g/mol. The topological polar surface area (TPSA) is 105 Å². The van der Waals surface area contributed by atoms with Crippen LogP contribution in [0.2, 0.25) is 0 Å². The lowest BCUT2D eigenvalue weighted by atomic mass is 10.0. The maximum atomic E-state index is 14.5. The molecule has 248 valence electrons. The van der Waals surface area contributed by atoms with E-state index in [0.717, 1.165) is 27.6 Å². The fraction of sp³-hybridized carbons (Fsp3) is 0.278. The third kappa shape index (κ3) is 8.88. The lowest BCUT2D eigenvalue weighted by Crippen LogP contribution is -2.54. The van der Waals surface area contributed by atoms with Crippen LogP contribution in [0.15, 0.2) is 108 Å². The number of anilines is 1. The lowest BCUT2D eigenvalue weighted by Gasteiger charge is -2.34. The molecule has 0 spiro atoms. The molecular formula is C36H40FN3O6S. The van der Waals surface area contributed by atoms with Crippen LogP contribution in [0.1, 0.15) is 31.4 Å². The first-order valence-electron chi connectivity index (χ1n) is 15.2. The summed E-state index contributed by atoms with van der Waals surface area (Å²) in [5.74, 6) is -1.06. The summed E-state index contributed by atoms with van der Waals surface area (Å²) in [5.41, 5.74) is 1.65. The highest BCUT2D eigenvalue weighted by Gasteiger charge is 2.35. The summed E-state index contributed by atoms with van der Waals surface area (Å²) in [6.07, 6.45) is 0.874. The Hall–Kier alpha value is -4.90. The first-order chi connectivity index (χ1) is 22.6. The molecule has 4 aromatic carbocycles. The molecule has 0 unspecified atom stereocenters. The highest BCUT2D eigenvalue weighted by atomic mass is 32.2. The van der Waals surface area contributed by atoms with Gasteiger partial charge in [0.1, 0.15) is 18.4 Å². The van der Waals surface area contributed by atoms with E-state index in [1.807, 2.05) is 74.5 Å². The van der Waals surface area contributed by atoms with Crippen LogP contribution in [-0.4, -0.2) is 58.0 Å². The van der Waals surface area contributed by atoms with E-state index < -0.39 is 34.3 Å². The zero-order valence-electron chi connectivity index (χ0n) is 26.9. The van der Waals surface area contributed by atoms with Crippen LogP contribution in [-0.2, 0) is 32.6 Å². The van der Waals surface area contributed by atoms with E-state index in [9.17, 15) is 22.4 Å². The van der Waals surface area contributed by atoms with Gasteiger partial charge in [-0.3, -0.25) is 13.9 Å². The van der Waals surface area contributed by atoms with E-state index in [4.69, 9.17) is 9.47 Å². The van der Waals surface area contributed by atoms with E-state index >= 15 is 0 Å². The third-order valence-corrected chi connectivity index (χ3v) is 9.57. The average Bonchev–Trinajstić information content (AvgIpc) is 3.09. The minimum absolute atomic E-state index is 0.0404. The van der Waals surface area contributed by atoms with Crippen LogP contribution < -0.4 is 19.1 Å². The van der Waals surface area contributed by atoms with Crippen LogP contribution in [0.3, 0.4) is 0 Å². The number of ether oxygens (including phenoxy) is 2. The van der Waals surface area contributed by atoms with Crippen LogP contribution in [0.5, 0.6) is 11.5 Å². The van der Waals surface area contributed by atoms with Gasteiger partial charge >= 0.3 is 0 Å². The van der Waals surface area contributed by atoms with Crippen molar-refractivity contribution in [2.45, 2.75) is 50.2 Å². The van der Waals surface area contributed by atoms with Gasteiger partial charge in [-0.2, -0.15) is 0 Å². The molecule has 1 N–H and O–H groups in total. The Morgan fingerprint density at radius 2 is 1.43 bits per heavy atom. The lowest BCUT2D eigenvalue weighted by molar-refractivity contribution is -0.140. The zero-order chi connectivity index (χ0) is 34.0. The summed E-state index contributed by atoms with van der Waals surface area (Å²) >= 11 is 0. The summed E-state index contributed by atoms with van der Waals surface area (Å²) < 4.78 is 54.1. The van der Waals surface area contributed by atoms with Gasteiger partial charge in [-0.15, -0.1) is 0 Å². The molecule has 47 heavy (non-hydrogen) atoms. The smallest absolute Gasteiger partial charge is 0.264 e. The second kappa shape index (κ2) is 16.1. The molecule has 0 bridgehead atoms. The van der Waals surface area contributed by atoms with Gasteiger partial charge in [0.05, 0.1) is 24.8 Å². The first-order valence-corrected chi connectivity index (χ1v) is 16.7. The predicted molar refractivity (Wildman–Crippen MR) is 179 cm³/mol. The number of carbonyl (C=O) groups excluding carboxylic acids is 2. The van der Waals surface area contributed by atoms with E-state index in [0.29, 0.717) is 12.2 Å². The number of methoxy groups -OCH3 is 2. The number of rotatable bonds is 15. The van der Waals surface area contributed by atoms with Crippen LogP contribution >= 0.6 is 0 Å². The maximum Gasteiger partial charge on any atom is 0.264 e. The molecule has 0 aromatic heterocycles. The van der Waals surface area contributed by atoms with Crippen molar-refractivity contribution in [3.8, 4) is 11.5 Å². The average molecular weight is 662 g/mol. The van der Waals surface area contributed by atoms with E-state index in [1.54, 1.807) is 0 Å². The zero-order valence-corrected chi connectivity index (χ0v) is 27.7. The van der Waals surface area contributed by atoms with Crippen molar-refractivity contribution in [1.82, 2.24) is 10.2 Å². The molecule has 0 saturated heterocycles. The van der Waals surface area contributed by atoms with Crippen LogP contribution in [0.4, 0.5) is 10.1 Å². The number of nitrogens with one attached hydrogen (secondary N) is 1. The monoisotopic (exact) mass is 661 g/mol. The van der Waals surface area contributed by atoms with Crippen molar-refractivity contribution in [2.75, 3.05) is 25.1 Å². The molecule has 4 rings (SSSR count). The van der Waals surface area contributed by atoms with Crippen molar-refractivity contribution >= 4 is 27.5 Å². The van der Waals surface area contributed by atoms with Gasteiger partial charge in [0.2, 0.25) is 11.8 Å². The Labute approximate surface area is 276 Å². The van der Waals surface area contributed by atoms with E-state index in [2.05, 4.69) is 5.32 Å². The molecule has 0 heterocycles. The molecule has 0 radical (unpaired) electrons. The molecule has 9 nitrogen and oxygen atoms in total. The second-order valence-electron chi connectivity index (χ2n) is 11.0. The molecule has 0 aliphatic rings. The quantitative estimate of drug-likeness (QED) is 0.178. The molecule has 2 amide bonds. The summed E-state index contributed by atoms with van der Waals surface area (Å²) in [6, 6.07) is 26.3. The molecule has 0 aliphatic heterocycles. The Morgan fingerprint density at radius 3 is 2.00 bits per heavy atom. The minimum atomic E-state index is -4.43. The minimum Gasteiger partial charge on any atom is -0.493 e. The van der Waals surface area contributed by atoms with Crippen molar-refractivity contribution in [3.63, 3.8) is 0 Å². The number of halogens is 1. The normalized spacial score (nSPS) is 12.4. The van der Waals surface area contributed by atoms with Crippen LogP contribution in [0.25, 0.3) is 0 Å². The van der Waals surface area contributed by atoms with Crippen molar-refractivity contribution < 1.29 is 31.9 Å². The van der Waals surface area contributed by atoms with Gasteiger partial charge in [-0.1, -0.05) is 67.6 Å². The van der Waals surface area contributed by atoms with E-state index in [-0.39, 0.29) is 41.2 Å². The summed E-state index contributed by atoms with van der Waals surface area (Å²) in [7, 11) is -1.61. The Kier molecular flexibility index (Phi) is 12.0. The highest BCUT2D eigenvalue weighted by Crippen LogP contribution is 2.32. The standard InChI is InChI=1S/C36H40FN3O6S/c1-5-26(2)38-36(42)32(22-27-12-8-6-9-13-27)39(24-28-14-10-7-11-15-28)35(41)25-40(30-18-16-29(37)17-19-30)47(43,44)31-20-21-33(45-3)34(23-31)46-4/h6-21,23,26,32H,5,22,24-25H2,1-4H3,(H,38,42)/t26-,32+/m1/s1. The van der Waals surface area contributed by atoms with E-state index in [1.165, 1.54) is 49.5 Å². The number of nitrogens with zero attached hydrogens (tertiary/aromatic N) is 2. The van der Waals surface area contributed by atoms with Gasteiger partial charge in [-0.25, -0.2) is 12.8 Å². The predicted octanol–water partition coefficient (Wildman–Crippen LogP) is 5.59. The highest BCUT2D eigenvalue weighted by molar-refractivity contribution is 7.92. The van der Waals surface area contributed by atoms with Gasteiger partial charge in [0, 0.05) is 25.1 Å². The SMILES string of the molecule is CC[C@@H](C)NC(=O)[C@H](Cc1ccccc1)N(Cc1ccccc1)C(=O)CN(c1ccc(F)cc1)S(=O)(=O)c1ccc(OC)c(OC)c1. The summed E-state index contributed by atoms with van der Waals surface area (Å²) in [4.78, 5) is 29.7. The number of hydrogen-bond donors (Lipinski definition) is 1. The fourth-order valence-corrected chi connectivity index (χ4v) is 6.45. The third-order valence-electron chi connectivity index (χ3n) is 7.80. The Morgan fingerprint density at radius 1 is 0.830 bits per heavy atom. The van der Waals surface area contributed by atoms with Gasteiger partial charge in [0.15, 0.2) is 11.5 Å². The number of hydrogen-bond acceptors (Lipinski definition) is 6. The van der Waals surface area contributed by atoms with Crippen molar-refractivity contribution in [2.24, 2.45) is 0 Å². The van der Waals surface area contributed by atoms with Gasteiger partial charge in [-0.05, 0) is 60.9 Å². The summed E-state index contributed by atoms with van der Waals surface area (Å²) in [6.45, 7) is 3.20. The molecule has 11 heteroatoms. The second-order valence-corrected chi connectivity index (χ2v) is 12.9. The molecule has 0 saturated carbocycles. The Balaban J connectivity index is 1.81. The number of carbonyl (C=O) groups is 2. The molecule has 2 atom stereocenters. The fourth-order valence-electron chi connectivity index (χ4n) is 5.02. The number of sulfonamides is 1. The molecule has 0 fully saturated rings. The van der Waals surface area contributed by atoms with Crippen molar-refractivity contribution in [1.29, 1.82) is 0 Å². The Bertz CT molecular complexity index is 1740. The molecule has 4 aromatic rings. The largest absolute Gasteiger partial charge is 0.493 e. The number of amides is 2. The number of benzene rings is 4. The molecule has 0 aliphatic carbocycles. The summed E-state index contributed by atoms with van der Waals surface area (Å²) in [5, 5.41) is 3.01. The maximum absolute atomic E-state index is 14.5. The van der Waals surface area contributed by atoms with Crippen LogP contribution in [0, 0.1) is 5.82 Å².